The number of rotatable bonds is 4. The van der Waals surface area contributed by atoms with Gasteiger partial charge in [0.25, 0.3) is 0 Å². The van der Waals surface area contributed by atoms with Gasteiger partial charge in [0.15, 0.2) is 5.82 Å². The molecule has 7 nitrogen and oxygen atoms in total. The SMILES string of the molecule is Cc1noc(C2CC(NS(=O)(=O)c3cccs3)CN2C)n1. The monoisotopic (exact) mass is 328 g/mol. The molecule has 0 aliphatic carbocycles. The van der Waals surface area contributed by atoms with Gasteiger partial charge >= 0.3 is 0 Å². The van der Waals surface area contributed by atoms with Crippen LogP contribution in [0, 0.1) is 6.92 Å². The fourth-order valence-corrected chi connectivity index (χ4v) is 4.77. The van der Waals surface area contributed by atoms with E-state index in [-0.39, 0.29) is 12.1 Å². The van der Waals surface area contributed by atoms with Crippen LogP contribution in [0.4, 0.5) is 0 Å². The molecule has 0 radical (unpaired) electrons. The van der Waals surface area contributed by atoms with Crippen molar-refractivity contribution < 1.29 is 12.9 Å². The van der Waals surface area contributed by atoms with Crippen molar-refractivity contribution in [1.82, 2.24) is 19.8 Å². The summed E-state index contributed by atoms with van der Waals surface area (Å²) in [6, 6.07) is 3.11. The normalized spacial score (nSPS) is 23.7. The molecule has 0 amide bonds. The quantitative estimate of drug-likeness (QED) is 0.906. The lowest BCUT2D eigenvalue weighted by atomic mass is 10.2. The van der Waals surface area contributed by atoms with Gasteiger partial charge in [0.05, 0.1) is 6.04 Å². The second-order valence-electron chi connectivity index (χ2n) is 5.12. The predicted octanol–water partition coefficient (Wildman–Crippen LogP) is 1.16. The Bertz CT molecular complexity index is 711. The van der Waals surface area contributed by atoms with E-state index in [1.54, 1.807) is 24.4 Å². The van der Waals surface area contributed by atoms with Crippen LogP contribution >= 0.6 is 11.3 Å². The van der Waals surface area contributed by atoms with Crippen LogP contribution in [0.15, 0.2) is 26.2 Å². The topological polar surface area (TPSA) is 88.3 Å². The Kier molecular flexibility index (Phi) is 3.82. The van der Waals surface area contributed by atoms with E-state index in [9.17, 15) is 8.42 Å². The van der Waals surface area contributed by atoms with Gasteiger partial charge in [0, 0.05) is 12.6 Å². The number of thiophene rings is 1. The molecule has 2 atom stereocenters. The summed E-state index contributed by atoms with van der Waals surface area (Å²) >= 11 is 1.21. The molecular formula is C12H16N4O3S2. The summed E-state index contributed by atoms with van der Waals surface area (Å²) in [5.74, 6) is 1.12. The average Bonchev–Trinajstić information content (AvgIpc) is 3.09. The third kappa shape index (κ3) is 3.00. The van der Waals surface area contributed by atoms with Crippen molar-refractivity contribution in [1.29, 1.82) is 0 Å². The van der Waals surface area contributed by atoms with E-state index in [0.717, 1.165) is 0 Å². The summed E-state index contributed by atoms with van der Waals surface area (Å²) in [7, 11) is -1.53. The number of hydrogen-bond donors (Lipinski definition) is 1. The van der Waals surface area contributed by atoms with Gasteiger partial charge in [-0.1, -0.05) is 11.2 Å². The Balaban J connectivity index is 1.72. The first-order valence-corrected chi connectivity index (χ1v) is 8.88. The molecule has 114 valence electrons. The second-order valence-corrected chi connectivity index (χ2v) is 8.01. The Morgan fingerprint density at radius 1 is 1.52 bits per heavy atom. The number of sulfonamides is 1. The number of likely N-dealkylation sites (tertiary alicyclic amines) is 1. The molecule has 0 saturated carbocycles. The molecule has 2 unspecified atom stereocenters. The molecule has 0 spiro atoms. The third-order valence-corrected chi connectivity index (χ3v) is 6.38. The molecule has 21 heavy (non-hydrogen) atoms. The fraction of sp³-hybridized carbons (Fsp3) is 0.500. The van der Waals surface area contributed by atoms with Gasteiger partial charge in [0.1, 0.15) is 4.21 Å². The van der Waals surface area contributed by atoms with E-state index in [1.807, 2.05) is 11.9 Å². The van der Waals surface area contributed by atoms with Crippen molar-refractivity contribution in [2.45, 2.75) is 29.6 Å². The standard InChI is InChI=1S/C12H16N4O3S2/c1-8-13-12(19-14-8)10-6-9(7-16(10)2)15-21(17,18)11-4-3-5-20-11/h3-5,9-10,15H,6-7H2,1-2H3. The van der Waals surface area contributed by atoms with Gasteiger partial charge in [-0.05, 0) is 31.8 Å². The summed E-state index contributed by atoms with van der Waals surface area (Å²) in [5, 5.41) is 5.54. The molecule has 1 aliphatic heterocycles. The Hall–Kier alpha value is -1.29. The highest BCUT2D eigenvalue weighted by Gasteiger charge is 2.36. The van der Waals surface area contributed by atoms with Gasteiger partial charge in [0.2, 0.25) is 15.9 Å². The molecule has 2 aromatic heterocycles. The van der Waals surface area contributed by atoms with Crippen LogP contribution in [0.3, 0.4) is 0 Å². The van der Waals surface area contributed by atoms with Crippen molar-refractivity contribution >= 4 is 21.4 Å². The molecule has 1 saturated heterocycles. The highest BCUT2D eigenvalue weighted by molar-refractivity contribution is 7.91. The van der Waals surface area contributed by atoms with Crippen LogP contribution in [0.25, 0.3) is 0 Å². The summed E-state index contributed by atoms with van der Waals surface area (Å²) in [4.78, 5) is 6.25. The van der Waals surface area contributed by atoms with Crippen LogP contribution in [-0.4, -0.2) is 43.1 Å². The van der Waals surface area contributed by atoms with E-state index >= 15 is 0 Å². The summed E-state index contributed by atoms with van der Waals surface area (Å²) in [5.41, 5.74) is 0. The highest BCUT2D eigenvalue weighted by atomic mass is 32.2. The van der Waals surface area contributed by atoms with Crippen molar-refractivity contribution in [2.24, 2.45) is 0 Å². The first-order chi connectivity index (χ1) is 9.95. The summed E-state index contributed by atoms with van der Waals surface area (Å²) < 4.78 is 32.7. The zero-order valence-corrected chi connectivity index (χ0v) is 13.3. The number of aryl methyl sites for hydroxylation is 1. The van der Waals surface area contributed by atoms with E-state index in [1.165, 1.54) is 11.3 Å². The molecule has 3 rings (SSSR count). The lowest BCUT2D eigenvalue weighted by Crippen LogP contribution is -2.36. The first kappa shape index (κ1) is 14.6. The van der Waals surface area contributed by atoms with Gasteiger partial charge in [-0.2, -0.15) is 4.98 Å². The molecule has 1 N–H and O–H groups in total. The molecule has 0 aromatic carbocycles. The third-order valence-electron chi connectivity index (χ3n) is 3.46. The van der Waals surface area contributed by atoms with Crippen LogP contribution in [0.5, 0.6) is 0 Å². The zero-order valence-electron chi connectivity index (χ0n) is 11.7. The molecule has 2 aromatic rings. The molecule has 1 fully saturated rings. The Morgan fingerprint density at radius 3 is 2.95 bits per heavy atom. The van der Waals surface area contributed by atoms with Crippen molar-refractivity contribution in [2.75, 3.05) is 13.6 Å². The maximum Gasteiger partial charge on any atom is 0.250 e. The van der Waals surface area contributed by atoms with Crippen molar-refractivity contribution in [3.05, 3.63) is 29.2 Å². The van der Waals surface area contributed by atoms with Crippen LogP contribution in [0.1, 0.15) is 24.2 Å². The molecule has 1 aliphatic rings. The van der Waals surface area contributed by atoms with E-state index in [0.29, 0.717) is 28.9 Å². The smallest absolute Gasteiger partial charge is 0.250 e. The molecule has 3 heterocycles. The largest absolute Gasteiger partial charge is 0.338 e. The fourth-order valence-electron chi connectivity index (χ4n) is 2.52. The van der Waals surface area contributed by atoms with Gasteiger partial charge in [-0.3, -0.25) is 4.90 Å². The number of likely N-dealkylation sites (N-methyl/N-ethyl adjacent to an activating group) is 1. The van der Waals surface area contributed by atoms with Crippen molar-refractivity contribution in [3.63, 3.8) is 0 Å². The number of hydrogen-bond acceptors (Lipinski definition) is 7. The number of nitrogens with one attached hydrogen (secondary N) is 1. The maximum absolute atomic E-state index is 12.2. The average molecular weight is 328 g/mol. The second kappa shape index (κ2) is 5.48. The van der Waals surface area contributed by atoms with Gasteiger partial charge in [-0.25, -0.2) is 13.1 Å². The first-order valence-electron chi connectivity index (χ1n) is 6.52. The Morgan fingerprint density at radius 2 is 2.33 bits per heavy atom. The van der Waals surface area contributed by atoms with E-state index in [4.69, 9.17) is 4.52 Å². The van der Waals surface area contributed by atoms with Crippen LogP contribution in [-0.2, 0) is 10.0 Å². The molecular weight excluding hydrogens is 312 g/mol. The highest BCUT2D eigenvalue weighted by Crippen LogP contribution is 2.30. The minimum atomic E-state index is -3.45. The van der Waals surface area contributed by atoms with Crippen molar-refractivity contribution in [3.8, 4) is 0 Å². The predicted molar refractivity (Wildman–Crippen MR) is 77.5 cm³/mol. The van der Waals surface area contributed by atoms with Crippen LogP contribution < -0.4 is 4.72 Å². The minimum absolute atomic E-state index is 0.0535. The number of nitrogens with zero attached hydrogens (tertiary/aromatic N) is 3. The van der Waals surface area contributed by atoms with Gasteiger partial charge < -0.3 is 4.52 Å². The summed E-state index contributed by atoms with van der Waals surface area (Å²) in [6.45, 7) is 2.37. The molecule has 9 heteroatoms. The van der Waals surface area contributed by atoms with Crippen LogP contribution in [0.2, 0.25) is 0 Å². The lowest BCUT2D eigenvalue weighted by molar-refractivity contribution is 0.244. The minimum Gasteiger partial charge on any atom is -0.338 e. The zero-order chi connectivity index (χ0) is 15.0. The van der Waals surface area contributed by atoms with E-state index in [2.05, 4.69) is 14.9 Å². The Labute approximate surface area is 127 Å². The number of aromatic nitrogens is 2. The summed E-state index contributed by atoms with van der Waals surface area (Å²) in [6.07, 6.45) is 0.614. The van der Waals surface area contributed by atoms with E-state index < -0.39 is 10.0 Å². The lowest BCUT2D eigenvalue weighted by Gasteiger charge is -2.14. The maximum atomic E-state index is 12.2. The molecule has 0 bridgehead atoms. The van der Waals surface area contributed by atoms with Gasteiger partial charge in [-0.15, -0.1) is 11.3 Å².